The molecule has 0 saturated carbocycles. The van der Waals surface area contributed by atoms with E-state index in [0.29, 0.717) is 17.2 Å². The summed E-state index contributed by atoms with van der Waals surface area (Å²) in [5.41, 5.74) is 1.27. The van der Waals surface area contributed by atoms with E-state index in [0.717, 1.165) is 10.2 Å². The van der Waals surface area contributed by atoms with Crippen LogP contribution in [0.5, 0.6) is 0 Å². The second-order valence-corrected chi connectivity index (χ2v) is 4.99. The molecule has 0 unspecified atom stereocenters. The first-order chi connectivity index (χ1) is 9.09. The van der Waals surface area contributed by atoms with Crippen molar-refractivity contribution in [2.75, 3.05) is 0 Å². The van der Waals surface area contributed by atoms with Crippen molar-refractivity contribution < 1.29 is 9.90 Å². The molecule has 0 atom stereocenters. The molecule has 0 amide bonds. The molecule has 6 nitrogen and oxygen atoms in total. The highest BCUT2D eigenvalue weighted by Crippen LogP contribution is 2.25. The second-order valence-electron chi connectivity index (χ2n) is 4.10. The van der Waals surface area contributed by atoms with Gasteiger partial charge in [-0.3, -0.25) is 0 Å². The molecule has 0 aromatic carbocycles. The number of fused-ring (bicyclic) bond motifs is 1. The molecule has 0 saturated heterocycles. The highest BCUT2D eigenvalue weighted by molar-refractivity contribution is 7.16. The number of carbonyl (C=O) groups is 1. The molecule has 1 N–H and O–H groups in total. The zero-order valence-electron chi connectivity index (χ0n) is 10.3. The van der Waals surface area contributed by atoms with Gasteiger partial charge in [0.15, 0.2) is 5.82 Å². The lowest BCUT2D eigenvalue weighted by Gasteiger charge is -2.04. The van der Waals surface area contributed by atoms with Gasteiger partial charge in [-0.1, -0.05) is 0 Å². The van der Waals surface area contributed by atoms with Crippen molar-refractivity contribution in [2.45, 2.75) is 13.8 Å². The van der Waals surface area contributed by atoms with Gasteiger partial charge in [0.2, 0.25) is 0 Å². The molecule has 3 aromatic heterocycles. The highest BCUT2D eigenvalue weighted by atomic mass is 32.1. The molecule has 96 valence electrons. The van der Waals surface area contributed by atoms with Gasteiger partial charge in [-0.15, -0.1) is 11.3 Å². The Bertz CT molecular complexity index is 790. The number of aromatic carboxylic acids is 1. The summed E-state index contributed by atoms with van der Waals surface area (Å²) in [5.74, 6) is -0.365. The summed E-state index contributed by atoms with van der Waals surface area (Å²) < 4.78 is 1.56. The van der Waals surface area contributed by atoms with Crippen molar-refractivity contribution in [3.05, 3.63) is 34.7 Å². The second kappa shape index (κ2) is 4.13. The van der Waals surface area contributed by atoms with Crippen LogP contribution in [0.3, 0.4) is 0 Å². The summed E-state index contributed by atoms with van der Waals surface area (Å²) in [6, 6.07) is 1.91. The predicted molar refractivity (Wildman–Crippen MR) is 71.0 cm³/mol. The van der Waals surface area contributed by atoms with Gasteiger partial charge in [-0.25, -0.2) is 19.4 Å². The van der Waals surface area contributed by atoms with E-state index in [1.165, 1.54) is 17.7 Å². The molecule has 0 aliphatic rings. The maximum absolute atomic E-state index is 11.2. The maximum Gasteiger partial charge on any atom is 0.339 e. The van der Waals surface area contributed by atoms with E-state index in [9.17, 15) is 9.90 Å². The highest BCUT2D eigenvalue weighted by Gasteiger charge is 2.20. The van der Waals surface area contributed by atoms with Gasteiger partial charge >= 0.3 is 5.97 Å². The van der Waals surface area contributed by atoms with Gasteiger partial charge in [0.25, 0.3) is 0 Å². The summed E-state index contributed by atoms with van der Waals surface area (Å²) in [6.45, 7) is 3.41. The van der Waals surface area contributed by atoms with Gasteiger partial charge in [-0.2, -0.15) is 5.10 Å². The van der Waals surface area contributed by atoms with Crippen LogP contribution in [0.1, 0.15) is 21.7 Å². The van der Waals surface area contributed by atoms with Crippen LogP contribution in [0, 0.1) is 13.8 Å². The number of carboxylic acids is 1. The van der Waals surface area contributed by atoms with E-state index in [1.54, 1.807) is 18.5 Å². The van der Waals surface area contributed by atoms with Crippen molar-refractivity contribution in [2.24, 2.45) is 0 Å². The molecule has 0 aliphatic carbocycles. The van der Waals surface area contributed by atoms with Crippen LogP contribution < -0.4 is 0 Å². The monoisotopic (exact) mass is 274 g/mol. The zero-order valence-corrected chi connectivity index (χ0v) is 11.1. The first-order valence-electron chi connectivity index (χ1n) is 5.57. The lowest BCUT2D eigenvalue weighted by molar-refractivity contribution is 0.0695. The lowest BCUT2D eigenvalue weighted by atomic mass is 10.2. The summed E-state index contributed by atoms with van der Waals surface area (Å²) in [6.07, 6.45) is 1.46. The van der Waals surface area contributed by atoms with Crippen molar-refractivity contribution in [3.63, 3.8) is 0 Å². The number of nitrogens with zero attached hydrogens (tertiary/aromatic N) is 4. The van der Waals surface area contributed by atoms with Crippen molar-refractivity contribution in [3.8, 4) is 5.82 Å². The van der Waals surface area contributed by atoms with Gasteiger partial charge < -0.3 is 5.11 Å². The summed E-state index contributed by atoms with van der Waals surface area (Å²) in [5, 5.41) is 16.3. The van der Waals surface area contributed by atoms with Gasteiger partial charge in [-0.05, 0) is 25.3 Å². The van der Waals surface area contributed by atoms with Crippen LogP contribution in [-0.2, 0) is 0 Å². The Morgan fingerprint density at radius 3 is 2.84 bits per heavy atom. The number of rotatable bonds is 2. The Labute approximate surface area is 112 Å². The normalized spacial score (nSPS) is 11.1. The summed E-state index contributed by atoms with van der Waals surface area (Å²) in [7, 11) is 0. The quantitative estimate of drug-likeness (QED) is 0.774. The lowest BCUT2D eigenvalue weighted by Crippen LogP contribution is -2.04. The van der Waals surface area contributed by atoms with Crippen LogP contribution in [-0.4, -0.2) is 30.8 Å². The topological polar surface area (TPSA) is 80.9 Å². The predicted octanol–water partition coefficient (Wildman–Crippen LogP) is 2.19. The number of hydrogen-bond donors (Lipinski definition) is 1. The largest absolute Gasteiger partial charge is 0.478 e. The molecular weight excluding hydrogens is 264 g/mol. The molecule has 0 aliphatic heterocycles. The molecule has 0 radical (unpaired) electrons. The number of carboxylic acid groups (broad SMARTS) is 1. The number of aromatic nitrogens is 4. The number of thiophene rings is 1. The molecule has 19 heavy (non-hydrogen) atoms. The first-order valence-corrected chi connectivity index (χ1v) is 6.45. The van der Waals surface area contributed by atoms with E-state index in [2.05, 4.69) is 15.1 Å². The Morgan fingerprint density at radius 1 is 1.37 bits per heavy atom. The van der Waals surface area contributed by atoms with Crippen molar-refractivity contribution in [1.29, 1.82) is 0 Å². The third-order valence-electron chi connectivity index (χ3n) is 2.95. The molecular formula is C12H10N4O2S. The molecule has 0 spiro atoms. The Balaban J connectivity index is 2.31. The van der Waals surface area contributed by atoms with Crippen LogP contribution in [0.15, 0.2) is 17.8 Å². The average Bonchev–Trinajstić information content (AvgIpc) is 2.93. The fourth-order valence-electron chi connectivity index (χ4n) is 2.10. The third-order valence-corrected chi connectivity index (χ3v) is 3.77. The molecule has 3 aromatic rings. The fraction of sp³-hybridized carbons (Fsp3) is 0.167. The molecule has 0 bridgehead atoms. The van der Waals surface area contributed by atoms with E-state index < -0.39 is 5.97 Å². The Hall–Kier alpha value is -2.28. The van der Waals surface area contributed by atoms with E-state index in [4.69, 9.17) is 0 Å². The fourth-order valence-corrected chi connectivity index (χ4v) is 2.83. The van der Waals surface area contributed by atoms with Crippen LogP contribution in [0.4, 0.5) is 0 Å². The first kappa shape index (κ1) is 11.8. The third kappa shape index (κ3) is 1.70. The van der Waals surface area contributed by atoms with E-state index in [-0.39, 0.29) is 5.56 Å². The Morgan fingerprint density at radius 2 is 2.16 bits per heavy atom. The molecule has 3 rings (SSSR count). The Kier molecular flexibility index (Phi) is 2.56. The van der Waals surface area contributed by atoms with Crippen LogP contribution >= 0.6 is 11.3 Å². The van der Waals surface area contributed by atoms with Crippen molar-refractivity contribution >= 4 is 27.5 Å². The summed E-state index contributed by atoms with van der Waals surface area (Å²) in [4.78, 5) is 20.5. The minimum atomic E-state index is -0.975. The SMILES string of the molecule is Cc1nn(-c2ncnc3sccc23)c(C)c1C(=O)O. The smallest absolute Gasteiger partial charge is 0.339 e. The molecule has 3 heterocycles. The van der Waals surface area contributed by atoms with E-state index >= 15 is 0 Å². The number of hydrogen-bond acceptors (Lipinski definition) is 5. The zero-order chi connectivity index (χ0) is 13.6. The minimum Gasteiger partial charge on any atom is -0.478 e. The van der Waals surface area contributed by atoms with E-state index in [1.807, 2.05) is 11.4 Å². The standard InChI is InChI=1S/C12H10N4O2S/c1-6-9(12(17)18)7(2)16(15-6)10-8-3-4-19-11(8)14-5-13-10/h3-5H,1-2H3,(H,17,18). The van der Waals surface area contributed by atoms with Crippen LogP contribution in [0.2, 0.25) is 0 Å². The van der Waals surface area contributed by atoms with Gasteiger partial charge in [0, 0.05) is 0 Å². The number of aryl methyl sites for hydroxylation is 1. The maximum atomic E-state index is 11.2. The van der Waals surface area contributed by atoms with Gasteiger partial charge in [0.05, 0.1) is 16.8 Å². The summed E-state index contributed by atoms with van der Waals surface area (Å²) >= 11 is 1.51. The van der Waals surface area contributed by atoms with Gasteiger partial charge in [0.1, 0.15) is 16.7 Å². The molecule has 7 heteroatoms. The minimum absolute atomic E-state index is 0.224. The average molecular weight is 274 g/mol. The molecule has 0 fully saturated rings. The van der Waals surface area contributed by atoms with Crippen LogP contribution in [0.25, 0.3) is 16.0 Å². The van der Waals surface area contributed by atoms with Crippen molar-refractivity contribution in [1.82, 2.24) is 19.7 Å².